The lowest BCUT2D eigenvalue weighted by atomic mass is 10.2. The molecule has 0 aliphatic heterocycles. The van der Waals surface area contributed by atoms with Crippen molar-refractivity contribution in [2.45, 2.75) is 25.0 Å². The van der Waals surface area contributed by atoms with E-state index in [9.17, 15) is 0 Å². The van der Waals surface area contributed by atoms with E-state index in [1.807, 2.05) is 30.0 Å². The standard InChI is InChI=1S/C13H20O2S/c1-15-13-8-4-3-7-12(13)11-16-10-6-2-5-9-14/h3-4,7-8,14H,2,5-6,9-11H2,1H3. The highest BCUT2D eigenvalue weighted by Gasteiger charge is 2.00. The molecule has 0 fully saturated rings. The number of hydrogen-bond donors (Lipinski definition) is 1. The molecule has 90 valence electrons. The van der Waals surface area contributed by atoms with Gasteiger partial charge in [0.2, 0.25) is 0 Å². The summed E-state index contributed by atoms with van der Waals surface area (Å²) in [6.45, 7) is 0.317. The number of para-hydroxylation sites is 1. The minimum Gasteiger partial charge on any atom is -0.496 e. The zero-order valence-electron chi connectivity index (χ0n) is 9.82. The average molecular weight is 240 g/mol. The monoisotopic (exact) mass is 240 g/mol. The van der Waals surface area contributed by atoms with E-state index in [2.05, 4.69) is 6.07 Å². The number of ether oxygens (including phenoxy) is 1. The molecule has 0 saturated carbocycles. The summed E-state index contributed by atoms with van der Waals surface area (Å²) in [7, 11) is 1.71. The van der Waals surface area contributed by atoms with Gasteiger partial charge in [-0.05, 0) is 24.7 Å². The fourth-order valence-corrected chi connectivity index (χ4v) is 2.51. The summed E-state index contributed by atoms with van der Waals surface area (Å²) in [6.07, 6.45) is 3.23. The van der Waals surface area contributed by atoms with Crippen molar-refractivity contribution >= 4 is 11.8 Å². The summed E-state index contributed by atoms with van der Waals surface area (Å²) in [5, 5.41) is 8.65. The van der Waals surface area contributed by atoms with Crippen LogP contribution >= 0.6 is 11.8 Å². The fourth-order valence-electron chi connectivity index (χ4n) is 1.50. The van der Waals surface area contributed by atoms with Gasteiger partial charge in [-0.25, -0.2) is 0 Å². The van der Waals surface area contributed by atoms with Gasteiger partial charge in [0.05, 0.1) is 7.11 Å². The van der Waals surface area contributed by atoms with E-state index < -0.39 is 0 Å². The van der Waals surface area contributed by atoms with Gasteiger partial charge in [0, 0.05) is 17.9 Å². The number of benzene rings is 1. The van der Waals surface area contributed by atoms with Gasteiger partial charge in [0.1, 0.15) is 5.75 Å². The van der Waals surface area contributed by atoms with Crippen LogP contribution in [0.2, 0.25) is 0 Å². The molecule has 1 aromatic rings. The minimum atomic E-state index is 0.317. The van der Waals surface area contributed by atoms with Gasteiger partial charge in [-0.1, -0.05) is 24.6 Å². The maximum Gasteiger partial charge on any atom is 0.122 e. The Kier molecular flexibility index (Phi) is 7.10. The van der Waals surface area contributed by atoms with Crippen molar-refractivity contribution in [2.75, 3.05) is 19.5 Å². The number of aliphatic hydroxyl groups is 1. The number of rotatable bonds is 8. The van der Waals surface area contributed by atoms with Crippen molar-refractivity contribution in [3.8, 4) is 5.75 Å². The van der Waals surface area contributed by atoms with Gasteiger partial charge in [0.25, 0.3) is 0 Å². The van der Waals surface area contributed by atoms with Crippen molar-refractivity contribution in [3.63, 3.8) is 0 Å². The van der Waals surface area contributed by atoms with Crippen molar-refractivity contribution in [3.05, 3.63) is 29.8 Å². The van der Waals surface area contributed by atoms with Gasteiger partial charge in [0.15, 0.2) is 0 Å². The highest BCUT2D eigenvalue weighted by atomic mass is 32.2. The second-order valence-electron chi connectivity index (χ2n) is 3.65. The Morgan fingerprint density at radius 2 is 2.00 bits per heavy atom. The molecule has 3 heteroatoms. The maximum atomic E-state index is 8.65. The van der Waals surface area contributed by atoms with E-state index in [1.165, 1.54) is 12.0 Å². The molecule has 1 N–H and O–H groups in total. The smallest absolute Gasteiger partial charge is 0.122 e. The summed E-state index contributed by atoms with van der Waals surface area (Å²) >= 11 is 1.92. The number of thioether (sulfide) groups is 1. The van der Waals surface area contributed by atoms with E-state index in [0.29, 0.717) is 6.61 Å². The van der Waals surface area contributed by atoms with Crippen molar-refractivity contribution in [2.24, 2.45) is 0 Å². The lowest BCUT2D eigenvalue weighted by Gasteiger charge is -2.07. The van der Waals surface area contributed by atoms with Crippen LogP contribution in [0.15, 0.2) is 24.3 Å². The van der Waals surface area contributed by atoms with Gasteiger partial charge >= 0.3 is 0 Å². The Hall–Kier alpha value is -0.670. The Morgan fingerprint density at radius 3 is 2.75 bits per heavy atom. The molecule has 1 rings (SSSR count). The molecule has 1 aromatic carbocycles. The third-order valence-electron chi connectivity index (χ3n) is 2.40. The lowest BCUT2D eigenvalue weighted by molar-refractivity contribution is 0.284. The van der Waals surface area contributed by atoms with Gasteiger partial charge in [-0.3, -0.25) is 0 Å². The molecule has 0 aliphatic rings. The molecule has 0 bridgehead atoms. The first kappa shape index (κ1) is 13.4. The molecule has 0 radical (unpaired) electrons. The topological polar surface area (TPSA) is 29.5 Å². The van der Waals surface area contributed by atoms with E-state index in [1.54, 1.807) is 7.11 Å². The third kappa shape index (κ3) is 4.90. The van der Waals surface area contributed by atoms with Crippen LogP contribution in [0.4, 0.5) is 0 Å². The molecule has 16 heavy (non-hydrogen) atoms. The quantitative estimate of drug-likeness (QED) is 0.708. The van der Waals surface area contributed by atoms with E-state index in [-0.39, 0.29) is 0 Å². The van der Waals surface area contributed by atoms with Crippen LogP contribution in [-0.2, 0) is 5.75 Å². The van der Waals surface area contributed by atoms with Gasteiger partial charge in [-0.2, -0.15) is 11.8 Å². The summed E-state index contributed by atoms with van der Waals surface area (Å²) in [5.41, 5.74) is 1.26. The summed E-state index contributed by atoms with van der Waals surface area (Å²) in [5.74, 6) is 3.13. The molecule has 0 unspecified atom stereocenters. The number of methoxy groups -OCH3 is 1. The SMILES string of the molecule is COc1ccccc1CSCCCCCO. The Bertz CT molecular complexity index is 289. The molecule has 0 saturated heterocycles. The molecule has 0 amide bonds. The second-order valence-corrected chi connectivity index (χ2v) is 4.75. The number of hydrogen-bond acceptors (Lipinski definition) is 3. The fraction of sp³-hybridized carbons (Fsp3) is 0.538. The van der Waals surface area contributed by atoms with Gasteiger partial charge in [-0.15, -0.1) is 0 Å². The Morgan fingerprint density at radius 1 is 1.19 bits per heavy atom. The van der Waals surface area contributed by atoms with E-state index in [0.717, 1.165) is 30.1 Å². The largest absolute Gasteiger partial charge is 0.496 e. The normalized spacial score (nSPS) is 10.4. The lowest BCUT2D eigenvalue weighted by Crippen LogP contribution is -1.91. The van der Waals surface area contributed by atoms with Crippen LogP contribution in [0.5, 0.6) is 5.75 Å². The van der Waals surface area contributed by atoms with Crippen LogP contribution in [0.1, 0.15) is 24.8 Å². The molecule has 0 aliphatic carbocycles. The summed E-state index contributed by atoms with van der Waals surface area (Å²) < 4.78 is 5.29. The first-order valence-electron chi connectivity index (χ1n) is 5.69. The predicted molar refractivity (Wildman–Crippen MR) is 70.1 cm³/mol. The molecule has 0 aromatic heterocycles. The zero-order valence-corrected chi connectivity index (χ0v) is 10.6. The summed E-state index contributed by atoms with van der Waals surface area (Å²) in [4.78, 5) is 0. The highest BCUT2D eigenvalue weighted by molar-refractivity contribution is 7.98. The molecular formula is C13H20O2S. The van der Waals surface area contributed by atoms with Crippen LogP contribution < -0.4 is 4.74 Å². The van der Waals surface area contributed by atoms with E-state index >= 15 is 0 Å². The van der Waals surface area contributed by atoms with Crippen molar-refractivity contribution in [1.82, 2.24) is 0 Å². The molecule has 0 heterocycles. The molecule has 0 spiro atoms. The highest BCUT2D eigenvalue weighted by Crippen LogP contribution is 2.23. The van der Waals surface area contributed by atoms with Gasteiger partial charge < -0.3 is 9.84 Å². The van der Waals surface area contributed by atoms with Crippen LogP contribution in [0, 0.1) is 0 Å². The number of unbranched alkanes of at least 4 members (excludes halogenated alkanes) is 2. The number of aliphatic hydroxyl groups excluding tert-OH is 1. The van der Waals surface area contributed by atoms with Crippen LogP contribution in [0.25, 0.3) is 0 Å². The molecule has 2 nitrogen and oxygen atoms in total. The first-order chi connectivity index (χ1) is 7.88. The first-order valence-corrected chi connectivity index (χ1v) is 6.84. The van der Waals surface area contributed by atoms with Crippen molar-refractivity contribution < 1.29 is 9.84 Å². The molecule has 0 atom stereocenters. The Balaban J connectivity index is 2.21. The van der Waals surface area contributed by atoms with E-state index in [4.69, 9.17) is 9.84 Å². The third-order valence-corrected chi connectivity index (χ3v) is 3.49. The average Bonchev–Trinajstić information content (AvgIpc) is 2.34. The minimum absolute atomic E-state index is 0.317. The van der Waals surface area contributed by atoms with Crippen LogP contribution in [-0.4, -0.2) is 24.6 Å². The Labute approximate surface area is 102 Å². The zero-order chi connectivity index (χ0) is 11.6. The molecular weight excluding hydrogens is 220 g/mol. The predicted octanol–water partition coefficient (Wildman–Crippen LogP) is 3.09. The van der Waals surface area contributed by atoms with Crippen LogP contribution in [0.3, 0.4) is 0 Å². The van der Waals surface area contributed by atoms with Crippen molar-refractivity contribution in [1.29, 1.82) is 0 Å². The maximum absolute atomic E-state index is 8.65. The summed E-state index contributed by atoms with van der Waals surface area (Å²) in [6, 6.07) is 8.15. The second kappa shape index (κ2) is 8.48.